The van der Waals surface area contributed by atoms with Gasteiger partial charge in [0.05, 0.1) is 0 Å². The molecule has 1 aromatic heterocycles. The van der Waals surface area contributed by atoms with Gasteiger partial charge in [-0.05, 0) is 12.0 Å². The first-order chi connectivity index (χ1) is 9.20. The van der Waals surface area contributed by atoms with Gasteiger partial charge in [-0.3, -0.25) is 0 Å². The zero-order chi connectivity index (χ0) is 13.7. The van der Waals surface area contributed by atoms with Crippen molar-refractivity contribution in [2.45, 2.75) is 25.8 Å². The second-order valence-corrected chi connectivity index (χ2v) is 4.84. The maximum Gasteiger partial charge on any atom is 0.330 e. The van der Waals surface area contributed by atoms with Crippen LogP contribution < -0.4 is 5.32 Å². The Balaban J connectivity index is 2.15. The van der Waals surface area contributed by atoms with Crippen molar-refractivity contribution in [3.05, 3.63) is 41.7 Å². The lowest BCUT2D eigenvalue weighted by atomic mass is 10.1. The number of aliphatic carboxylic acids is 1. The SMILES string of the molecule is CCCc1nsc(NC(C(=O)O)c2ccccc2)n1. The molecule has 0 aliphatic rings. The number of hydrogen-bond acceptors (Lipinski definition) is 5. The largest absolute Gasteiger partial charge is 0.479 e. The molecule has 1 atom stereocenters. The third kappa shape index (κ3) is 3.51. The molecule has 1 aromatic carbocycles. The molecule has 0 radical (unpaired) electrons. The molecule has 1 unspecified atom stereocenters. The van der Waals surface area contributed by atoms with Gasteiger partial charge in [0, 0.05) is 18.0 Å². The minimum absolute atomic E-state index is 0.541. The summed E-state index contributed by atoms with van der Waals surface area (Å²) < 4.78 is 4.19. The summed E-state index contributed by atoms with van der Waals surface area (Å²) in [5.41, 5.74) is 0.697. The van der Waals surface area contributed by atoms with Crippen LogP contribution in [0.4, 0.5) is 5.13 Å². The Morgan fingerprint density at radius 1 is 1.42 bits per heavy atom. The number of benzene rings is 1. The number of aryl methyl sites for hydroxylation is 1. The van der Waals surface area contributed by atoms with Crippen LogP contribution in [0.5, 0.6) is 0 Å². The number of rotatable bonds is 6. The van der Waals surface area contributed by atoms with Gasteiger partial charge < -0.3 is 10.4 Å². The number of nitrogens with zero attached hydrogens (tertiary/aromatic N) is 2. The zero-order valence-electron chi connectivity index (χ0n) is 10.5. The summed E-state index contributed by atoms with van der Waals surface area (Å²) in [5, 5.41) is 12.8. The third-order valence-electron chi connectivity index (χ3n) is 2.59. The van der Waals surface area contributed by atoms with E-state index < -0.39 is 12.0 Å². The van der Waals surface area contributed by atoms with Gasteiger partial charge in [-0.15, -0.1) is 0 Å². The van der Waals surface area contributed by atoms with Crippen LogP contribution in [-0.2, 0) is 11.2 Å². The molecule has 0 aliphatic heterocycles. The van der Waals surface area contributed by atoms with E-state index in [0.717, 1.165) is 18.7 Å². The molecule has 2 N–H and O–H groups in total. The Hall–Kier alpha value is -1.95. The highest BCUT2D eigenvalue weighted by molar-refractivity contribution is 7.09. The van der Waals surface area contributed by atoms with E-state index in [0.29, 0.717) is 10.7 Å². The van der Waals surface area contributed by atoms with Crippen LogP contribution in [0.1, 0.15) is 30.8 Å². The molecule has 0 fully saturated rings. The predicted octanol–water partition coefficient (Wildman–Crippen LogP) is 2.73. The van der Waals surface area contributed by atoms with E-state index in [9.17, 15) is 9.90 Å². The molecule has 2 rings (SSSR count). The van der Waals surface area contributed by atoms with Crippen LogP contribution in [0.2, 0.25) is 0 Å². The average Bonchev–Trinajstić information content (AvgIpc) is 2.85. The standard InChI is InChI=1S/C13H15N3O2S/c1-2-6-10-14-13(19-16-10)15-11(12(17)18)9-7-4-3-5-8-9/h3-5,7-8,11H,2,6H2,1H3,(H,17,18)(H,14,15,16). The smallest absolute Gasteiger partial charge is 0.330 e. The van der Waals surface area contributed by atoms with E-state index in [-0.39, 0.29) is 0 Å². The van der Waals surface area contributed by atoms with Gasteiger partial charge in [-0.1, -0.05) is 37.3 Å². The Morgan fingerprint density at radius 2 is 2.16 bits per heavy atom. The van der Waals surface area contributed by atoms with Crippen molar-refractivity contribution in [1.29, 1.82) is 0 Å². The molecule has 0 bridgehead atoms. The topological polar surface area (TPSA) is 75.1 Å². The Labute approximate surface area is 115 Å². The molecule has 1 heterocycles. The monoisotopic (exact) mass is 277 g/mol. The summed E-state index contributed by atoms with van der Waals surface area (Å²) in [4.78, 5) is 15.6. The number of anilines is 1. The van der Waals surface area contributed by atoms with E-state index in [4.69, 9.17) is 0 Å². The first-order valence-corrected chi connectivity index (χ1v) is 6.85. The lowest BCUT2D eigenvalue weighted by molar-refractivity contribution is -0.138. The molecule has 0 saturated heterocycles. The van der Waals surface area contributed by atoms with Crippen molar-refractivity contribution in [1.82, 2.24) is 9.36 Å². The fraction of sp³-hybridized carbons (Fsp3) is 0.308. The highest BCUT2D eigenvalue weighted by Crippen LogP contribution is 2.21. The summed E-state index contributed by atoms with van der Waals surface area (Å²) in [6, 6.07) is 8.24. The molecule has 0 spiro atoms. The van der Waals surface area contributed by atoms with Crippen LogP contribution >= 0.6 is 11.5 Å². The van der Waals surface area contributed by atoms with Gasteiger partial charge in [0.2, 0.25) is 5.13 Å². The van der Waals surface area contributed by atoms with E-state index in [1.165, 1.54) is 11.5 Å². The molecule has 0 aliphatic carbocycles. The van der Waals surface area contributed by atoms with Crippen LogP contribution in [0.15, 0.2) is 30.3 Å². The lowest BCUT2D eigenvalue weighted by Gasteiger charge is -2.13. The summed E-state index contributed by atoms with van der Waals surface area (Å²) >= 11 is 1.19. The first-order valence-electron chi connectivity index (χ1n) is 6.07. The van der Waals surface area contributed by atoms with Crippen LogP contribution in [0, 0.1) is 0 Å². The van der Waals surface area contributed by atoms with Crippen molar-refractivity contribution >= 4 is 22.6 Å². The number of nitrogens with one attached hydrogen (secondary N) is 1. The van der Waals surface area contributed by atoms with Crippen molar-refractivity contribution in [2.75, 3.05) is 5.32 Å². The third-order valence-corrected chi connectivity index (χ3v) is 3.27. The van der Waals surface area contributed by atoms with Crippen molar-refractivity contribution in [3.63, 3.8) is 0 Å². The Kier molecular flexibility index (Phi) is 4.46. The Bertz CT molecular complexity index is 542. The molecule has 2 aromatic rings. The van der Waals surface area contributed by atoms with E-state index in [2.05, 4.69) is 21.6 Å². The van der Waals surface area contributed by atoms with E-state index in [1.54, 1.807) is 12.1 Å². The average molecular weight is 277 g/mol. The van der Waals surface area contributed by atoms with E-state index in [1.807, 2.05) is 18.2 Å². The van der Waals surface area contributed by atoms with Crippen molar-refractivity contribution in [3.8, 4) is 0 Å². The molecular weight excluding hydrogens is 262 g/mol. The maximum absolute atomic E-state index is 11.3. The van der Waals surface area contributed by atoms with Gasteiger partial charge in [0.1, 0.15) is 5.82 Å². The summed E-state index contributed by atoms with van der Waals surface area (Å²) in [7, 11) is 0. The highest BCUT2D eigenvalue weighted by Gasteiger charge is 2.20. The van der Waals surface area contributed by atoms with Crippen molar-refractivity contribution in [2.24, 2.45) is 0 Å². The Morgan fingerprint density at radius 3 is 2.79 bits per heavy atom. The van der Waals surface area contributed by atoms with Gasteiger partial charge in [0.25, 0.3) is 0 Å². The molecule has 5 nitrogen and oxygen atoms in total. The predicted molar refractivity (Wildman–Crippen MR) is 74.3 cm³/mol. The molecule has 19 heavy (non-hydrogen) atoms. The minimum Gasteiger partial charge on any atom is -0.479 e. The molecule has 6 heteroatoms. The number of carboxylic acids is 1. The highest BCUT2D eigenvalue weighted by atomic mass is 32.1. The fourth-order valence-corrected chi connectivity index (χ4v) is 2.34. The normalized spacial score (nSPS) is 12.1. The molecule has 0 saturated carbocycles. The fourth-order valence-electron chi connectivity index (χ4n) is 1.69. The zero-order valence-corrected chi connectivity index (χ0v) is 11.4. The van der Waals surface area contributed by atoms with Crippen molar-refractivity contribution < 1.29 is 9.90 Å². The number of aromatic nitrogens is 2. The van der Waals surface area contributed by atoms with Crippen LogP contribution in [0.3, 0.4) is 0 Å². The summed E-state index contributed by atoms with van der Waals surface area (Å²) in [5.74, 6) is -0.175. The van der Waals surface area contributed by atoms with Gasteiger partial charge in [0.15, 0.2) is 6.04 Å². The quantitative estimate of drug-likeness (QED) is 0.849. The minimum atomic E-state index is -0.932. The second kappa shape index (κ2) is 6.29. The first kappa shape index (κ1) is 13.5. The lowest BCUT2D eigenvalue weighted by Crippen LogP contribution is -2.20. The maximum atomic E-state index is 11.3. The summed E-state index contributed by atoms with van der Waals surface area (Å²) in [6.45, 7) is 2.05. The number of carbonyl (C=O) groups is 1. The van der Waals surface area contributed by atoms with Crippen LogP contribution in [0.25, 0.3) is 0 Å². The van der Waals surface area contributed by atoms with Crippen LogP contribution in [-0.4, -0.2) is 20.4 Å². The molecular formula is C13H15N3O2S. The number of carboxylic acid groups (broad SMARTS) is 1. The molecule has 0 amide bonds. The van der Waals surface area contributed by atoms with Gasteiger partial charge in [-0.2, -0.15) is 4.37 Å². The summed E-state index contributed by atoms with van der Waals surface area (Å²) in [6.07, 6.45) is 1.78. The number of hydrogen-bond donors (Lipinski definition) is 2. The molecule has 100 valence electrons. The second-order valence-electron chi connectivity index (χ2n) is 4.09. The van der Waals surface area contributed by atoms with E-state index >= 15 is 0 Å². The van der Waals surface area contributed by atoms with Gasteiger partial charge in [-0.25, -0.2) is 9.78 Å². The van der Waals surface area contributed by atoms with Gasteiger partial charge >= 0.3 is 5.97 Å².